The third kappa shape index (κ3) is 3.82. The van der Waals surface area contributed by atoms with Gasteiger partial charge in [-0.2, -0.15) is 0 Å². The van der Waals surface area contributed by atoms with Gasteiger partial charge in [0.05, 0.1) is 12.7 Å². The van der Waals surface area contributed by atoms with Crippen LogP contribution in [-0.2, 0) is 0 Å². The van der Waals surface area contributed by atoms with E-state index < -0.39 is 5.97 Å². The first-order valence-electron chi connectivity index (χ1n) is 5.99. The summed E-state index contributed by atoms with van der Waals surface area (Å²) >= 11 is 3.22. The molecule has 5 nitrogen and oxygen atoms in total. The number of halogens is 1. The van der Waals surface area contributed by atoms with E-state index >= 15 is 0 Å². The van der Waals surface area contributed by atoms with E-state index in [2.05, 4.69) is 21.2 Å². The Morgan fingerprint density at radius 1 is 1.14 bits per heavy atom. The molecule has 0 aromatic heterocycles. The molecule has 6 heteroatoms. The fraction of sp³-hybridized carbons (Fsp3) is 0.0667. The van der Waals surface area contributed by atoms with Crippen LogP contribution in [0.25, 0.3) is 0 Å². The third-order valence-electron chi connectivity index (χ3n) is 2.73. The van der Waals surface area contributed by atoms with Crippen molar-refractivity contribution < 1.29 is 19.4 Å². The predicted octanol–water partition coefficient (Wildman–Crippen LogP) is 3.41. The van der Waals surface area contributed by atoms with Crippen LogP contribution in [0.1, 0.15) is 20.7 Å². The van der Waals surface area contributed by atoms with E-state index in [4.69, 9.17) is 9.84 Å². The molecule has 0 spiro atoms. The van der Waals surface area contributed by atoms with E-state index in [0.717, 1.165) is 0 Å². The Bertz CT molecular complexity index is 700. The van der Waals surface area contributed by atoms with Crippen LogP contribution < -0.4 is 10.1 Å². The average molecular weight is 350 g/mol. The van der Waals surface area contributed by atoms with E-state index in [9.17, 15) is 9.59 Å². The summed E-state index contributed by atoms with van der Waals surface area (Å²) in [7, 11) is 1.52. The van der Waals surface area contributed by atoms with Gasteiger partial charge in [-0.15, -0.1) is 0 Å². The summed E-state index contributed by atoms with van der Waals surface area (Å²) in [5.74, 6) is -0.834. The van der Waals surface area contributed by atoms with Gasteiger partial charge in [0, 0.05) is 15.7 Å². The summed E-state index contributed by atoms with van der Waals surface area (Å²) in [4.78, 5) is 23.1. The molecule has 0 saturated carbocycles. The summed E-state index contributed by atoms with van der Waals surface area (Å²) in [6, 6.07) is 11.2. The molecule has 0 bridgehead atoms. The summed E-state index contributed by atoms with van der Waals surface area (Å²) in [5.41, 5.74) is 0.908. The molecule has 0 unspecified atom stereocenters. The minimum atomic E-state index is -1.06. The van der Waals surface area contributed by atoms with E-state index in [1.807, 2.05) is 0 Å². The van der Waals surface area contributed by atoms with E-state index in [-0.39, 0.29) is 11.5 Å². The fourth-order valence-electron chi connectivity index (χ4n) is 1.75. The molecule has 2 aromatic rings. The highest BCUT2D eigenvalue weighted by Gasteiger charge is 2.10. The van der Waals surface area contributed by atoms with Crippen molar-refractivity contribution >= 4 is 33.5 Å². The molecule has 21 heavy (non-hydrogen) atoms. The lowest BCUT2D eigenvalue weighted by molar-refractivity contribution is 0.0696. The Kier molecular flexibility index (Phi) is 4.59. The van der Waals surface area contributed by atoms with Crippen LogP contribution in [0.3, 0.4) is 0 Å². The minimum Gasteiger partial charge on any atom is -0.497 e. The zero-order valence-electron chi connectivity index (χ0n) is 11.1. The number of hydrogen-bond acceptors (Lipinski definition) is 3. The molecule has 0 heterocycles. The van der Waals surface area contributed by atoms with Gasteiger partial charge in [-0.1, -0.05) is 22.0 Å². The van der Waals surface area contributed by atoms with Crippen molar-refractivity contribution in [1.82, 2.24) is 0 Å². The summed E-state index contributed by atoms with van der Waals surface area (Å²) in [5, 5.41) is 11.7. The van der Waals surface area contributed by atoms with Gasteiger partial charge >= 0.3 is 5.97 Å². The SMILES string of the molecule is COc1cccc(C(=O)Nc2cc(Br)cc(C(=O)O)c2)c1. The Balaban J connectivity index is 2.24. The maximum atomic E-state index is 12.1. The monoisotopic (exact) mass is 349 g/mol. The Labute approximate surface area is 129 Å². The molecule has 0 aliphatic rings. The first-order chi connectivity index (χ1) is 9.99. The summed E-state index contributed by atoms with van der Waals surface area (Å²) < 4.78 is 5.63. The van der Waals surface area contributed by atoms with Crippen molar-refractivity contribution in [2.24, 2.45) is 0 Å². The lowest BCUT2D eigenvalue weighted by Gasteiger charge is -2.08. The lowest BCUT2D eigenvalue weighted by Crippen LogP contribution is -2.12. The molecular formula is C15H12BrNO4. The summed E-state index contributed by atoms with van der Waals surface area (Å²) in [6.45, 7) is 0. The smallest absolute Gasteiger partial charge is 0.335 e. The van der Waals surface area contributed by atoms with Crippen LogP contribution in [0.15, 0.2) is 46.9 Å². The van der Waals surface area contributed by atoms with E-state index in [0.29, 0.717) is 21.5 Å². The number of carboxylic acids is 1. The lowest BCUT2D eigenvalue weighted by atomic mass is 10.1. The van der Waals surface area contributed by atoms with Gasteiger partial charge in [0.1, 0.15) is 5.75 Å². The van der Waals surface area contributed by atoms with Crippen LogP contribution in [0.2, 0.25) is 0 Å². The molecule has 108 valence electrons. The maximum Gasteiger partial charge on any atom is 0.335 e. The van der Waals surface area contributed by atoms with Crippen molar-refractivity contribution in [3.8, 4) is 5.75 Å². The maximum absolute atomic E-state index is 12.1. The number of benzene rings is 2. The zero-order valence-corrected chi connectivity index (χ0v) is 12.7. The Hall–Kier alpha value is -2.34. The zero-order chi connectivity index (χ0) is 15.4. The number of hydrogen-bond donors (Lipinski definition) is 2. The van der Waals surface area contributed by atoms with Crippen LogP contribution in [-0.4, -0.2) is 24.1 Å². The van der Waals surface area contributed by atoms with Crippen molar-refractivity contribution in [2.75, 3.05) is 12.4 Å². The number of amides is 1. The number of carbonyl (C=O) groups is 2. The molecule has 0 fully saturated rings. The first-order valence-corrected chi connectivity index (χ1v) is 6.78. The molecule has 2 rings (SSSR count). The number of carboxylic acid groups (broad SMARTS) is 1. The van der Waals surface area contributed by atoms with Crippen LogP contribution >= 0.6 is 15.9 Å². The number of rotatable bonds is 4. The van der Waals surface area contributed by atoms with Crippen molar-refractivity contribution in [1.29, 1.82) is 0 Å². The average Bonchev–Trinajstić information content (AvgIpc) is 2.46. The van der Waals surface area contributed by atoms with Crippen LogP contribution in [0.4, 0.5) is 5.69 Å². The van der Waals surface area contributed by atoms with Gasteiger partial charge in [-0.3, -0.25) is 4.79 Å². The fourth-order valence-corrected chi connectivity index (χ4v) is 2.25. The highest BCUT2D eigenvalue weighted by molar-refractivity contribution is 9.10. The second-order valence-corrected chi connectivity index (χ2v) is 5.14. The van der Waals surface area contributed by atoms with Crippen LogP contribution in [0, 0.1) is 0 Å². The van der Waals surface area contributed by atoms with Crippen molar-refractivity contribution in [2.45, 2.75) is 0 Å². The standard InChI is InChI=1S/C15H12BrNO4/c1-21-13-4-2-3-9(7-13)14(18)17-12-6-10(15(19)20)5-11(16)8-12/h2-8H,1H3,(H,17,18)(H,19,20). The first kappa shape index (κ1) is 15.1. The highest BCUT2D eigenvalue weighted by atomic mass is 79.9. The minimum absolute atomic E-state index is 0.0883. The van der Waals surface area contributed by atoms with Gasteiger partial charge < -0.3 is 15.2 Å². The quantitative estimate of drug-likeness (QED) is 0.886. The molecule has 0 saturated heterocycles. The van der Waals surface area contributed by atoms with E-state index in [1.165, 1.54) is 19.2 Å². The molecule has 2 aromatic carbocycles. The molecule has 0 aliphatic heterocycles. The van der Waals surface area contributed by atoms with Gasteiger partial charge in [0.15, 0.2) is 0 Å². The second kappa shape index (κ2) is 6.41. The molecule has 1 amide bonds. The molecule has 0 radical (unpaired) electrons. The molecular weight excluding hydrogens is 338 g/mol. The number of aromatic carboxylic acids is 1. The van der Waals surface area contributed by atoms with Gasteiger partial charge in [0.25, 0.3) is 5.91 Å². The topological polar surface area (TPSA) is 75.6 Å². The molecule has 2 N–H and O–H groups in total. The van der Waals surface area contributed by atoms with Gasteiger partial charge in [-0.25, -0.2) is 4.79 Å². The van der Waals surface area contributed by atoms with Gasteiger partial charge in [0.2, 0.25) is 0 Å². The second-order valence-electron chi connectivity index (χ2n) is 4.22. The number of anilines is 1. The van der Waals surface area contributed by atoms with Crippen molar-refractivity contribution in [3.63, 3.8) is 0 Å². The highest BCUT2D eigenvalue weighted by Crippen LogP contribution is 2.21. The number of nitrogens with one attached hydrogen (secondary N) is 1. The molecule has 0 aliphatic carbocycles. The van der Waals surface area contributed by atoms with E-state index in [1.54, 1.807) is 30.3 Å². The number of methoxy groups -OCH3 is 1. The Morgan fingerprint density at radius 3 is 2.57 bits per heavy atom. The van der Waals surface area contributed by atoms with Crippen molar-refractivity contribution in [3.05, 3.63) is 58.1 Å². The normalized spacial score (nSPS) is 10.0. The predicted molar refractivity (Wildman–Crippen MR) is 82.0 cm³/mol. The number of carbonyl (C=O) groups excluding carboxylic acids is 1. The molecule has 0 atom stereocenters. The van der Waals surface area contributed by atoms with Gasteiger partial charge in [-0.05, 0) is 36.4 Å². The number of ether oxygens (including phenoxy) is 1. The third-order valence-corrected chi connectivity index (χ3v) is 3.19. The Morgan fingerprint density at radius 2 is 1.90 bits per heavy atom. The van der Waals surface area contributed by atoms with Crippen LogP contribution in [0.5, 0.6) is 5.75 Å². The largest absolute Gasteiger partial charge is 0.497 e. The summed E-state index contributed by atoms with van der Waals surface area (Å²) in [6.07, 6.45) is 0.